The highest BCUT2D eigenvalue weighted by molar-refractivity contribution is 7.99. The van der Waals surface area contributed by atoms with Crippen molar-refractivity contribution in [3.8, 4) is 0 Å². The van der Waals surface area contributed by atoms with Crippen LogP contribution in [-0.4, -0.2) is 11.9 Å². The van der Waals surface area contributed by atoms with Gasteiger partial charge in [-0.3, -0.25) is 0 Å². The molecule has 0 heterocycles. The first kappa shape index (κ1) is 12.0. The Balaban J connectivity index is 1.69. The van der Waals surface area contributed by atoms with E-state index < -0.39 is 0 Å². The van der Waals surface area contributed by atoms with Gasteiger partial charge in [0.25, 0.3) is 0 Å². The Morgan fingerprint density at radius 1 is 1.12 bits per heavy atom. The van der Waals surface area contributed by atoms with Gasteiger partial charge in [-0.1, -0.05) is 19.3 Å². The van der Waals surface area contributed by atoms with Gasteiger partial charge < -0.3 is 11.1 Å². The van der Waals surface area contributed by atoms with E-state index in [1.54, 1.807) is 0 Å². The lowest BCUT2D eigenvalue weighted by molar-refractivity contribution is -0.254. The molecule has 0 spiro atoms. The first-order valence-electron chi connectivity index (χ1n) is 6.13. The maximum Gasteiger partial charge on any atom is 0.127 e. The fourth-order valence-corrected chi connectivity index (χ4v) is 2.95. The quantitative estimate of drug-likeness (QED) is 0.624. The van der Waals surface area contributed by atoms with Gasteiger partial charge in [0.1, 0.15) is 5.69 Å². The molecule has 0 saturated heterocycles. The van der Waals surface area contributed by atoms with Crippen molar-refractivity contribution in [3.63, 3.8) is 0 Å². The average Bonchev–Trinajstić information content (AvgIpc) is 2.33. The molecule has 0 atom stereocenters. The maximum atomic E-state index is 3.89. The number of hydrogen-bond acceptors (Lipinski definition) is 2. The average molecular weight is 237 g/mol. The monoisotopic (exact) mass is 237 g/mol. The highest BCUT2D eigenvalue weighted by atomic mass is 32.2. The lowest BCUT2D eigenvalue weighted by atomic mass is 9.96. The minimum atomic E-state index is 0.758. The maximum absolute atomic E-state index is 3.89. The van der Waals surface area contributed by atoms with Gasteiger partial charge in [0, 0.05) is 16.8 Å². The minimum Gasteiger partial charge on any atom is -0.325 e. The number of thioether (sulfide) groups is 1. The summed E-state index contributed by atoms with van der Waals surface area (Å²) in [5.41, 5.74) is 4.98. The molecule has 0 radical (unpaired) electrons. The van der Waals surface area contributed by atoms with Crippen LogP contribution in [0.2, 0.25) is 0 Å². The Bertz CT molecular complexity index is 304. The van der Waals surface area contributed by atoms with Crippen LogP contribution in [0.5, 0.6) is 0 Å². The van der Waals surface area contributed by atoms with Gasteiger partial charge in [0.2, 0.25) is 0 Å². The third-order valence-electron chi connectivity index (χ3n) is 3.14. The largest absolute Gasteiger partial charge is 0.325 e. The second kappa shape index (κ2) is 6.28. The molecule has 1 aromatic rings. The van der Waals surface area contributed by atoms with Crippen molar-refractivity contribution in [1.29, 1.82) is 0 Å². The molecule has 1 aliphatic carbocycles. The van der Waals surface area contributed by atoms with Crippen LogP contribution in [0.1, 0.15) is 32.1 Å². The number of benzene rings is 1. The highest BCUT2D eigenvalue weighted by Gasteiger charge is 2.11. The third kappa shape index (κ3) is 3.81. The molecule has 0 amide bonds. The molecule has 16 heavy (non-hydrogen) atoms. The third-order valence-corrected chi connectivity index (χ3v) is 4.06. The van der Waals surface area contributed by atoms with Gasteiger partial charge in [0.15, 0.2) is 0 Å². The van der Waals surface area contributed by atoms with Gasteiger partial charge in [-0.15, -0.1) is 11.8 Å². The van der Waals surface area contributed by atoms with E-state index in [0.29, 0.717) is 0 Å². The number of hydrogen-bond donors (Lipinski definition) is 2. The fraction of sp³-hybridized carbons (Fsp3) is 0.538. The standard InChI is InChI=1S/C13H20N2S/c14-11-6-8-13(9-7-11)16-10-15-12-4-2-1-3-5-12/h6-9,12,15H,1-5,10,14H2/p+1. The molecule has 0 aliphatic heterocycles. The summed E-state index contributed by atoms with van der Waals surface area (Å²) in [5.74, 6) is 1.03. The van der Waals surface area contributed by atoms with E-state index in [1.165, 1.54) is 37.0 Å². The fourth-order valence-electron chi connectivity index (χ4n) is 2.14. The summed E-state index contributed by atoms with van der Waals surface area (Å²) in [4.78, 5) is 1.33. The van der Waals surface area contributed by atoms with E-state index in [0.717, 1.165) is 17.6 Å². The normalized spacial score (nSPS) is 17.6. The van der Waals surface area contributed by atoms with E-state index in [2.05, 4.69) is 35.3 Å². The molecule has 2 nitrogen and oxygen atoms in total. The summed E-state index contributed by atoms with van der Waals surface area (Å²) in [5, 5.41) is 3.63. The van der Waals surface area contributed by atoms with Crippen molar-refractivity contribution in [2.45, 2.75) is 43.0 Å². The second-order valence-electron chi connectivity index (χ2n) is 4.47. The molecule has 0 bridgehead atoms. The zero-order valence-corrected chi connectivity index (χ0v) is 10.6. The van der Waals surface area contributed by atoms with Crippen molar-refractivity contribution < 1.29 is 5.73 Å². The summed E-state index contributed by atoms with van der Waals surface area (Å²) in [7, 11) is 0. The van der Waals surface area contributed by atoms with Gasteiger partial charge in [0.05, 0.1) is 0 Å². The van der Waals surface area contributed by atoms with E-state index in [1.807, 2.05) is 11.8 Å². The van der Waals surface area contributed by atoms with E-state index >= 15 is 0 Å². The van der Waals surface area contributed by atoms with Crippen LogP contribution in [0, 0.1) is 0 Å². The number of nitrogens with one attached hydrogen (secondary N) is 1. The minimum absolute atomic E-state index is 0.758. The molecule has 1 fully saturated rings. The molecule has 3 heteroatoms. The highest BCUT2D eigenvalue weighted by Crippen LogP contribution is 2.20. The van der Waals surface area contributed by atoms with Crippen LogP contribution >= 0.6 is 11.8 Å². The molecular formula is C13H21N2S+. The number of rotatable bonds is 4. The Kier molecular flexibility index (Phi) is 4.69. The predicted octanol–water partition coefficient (Wildman–Crippen LogP) is 2.53. The molecule has 1 aliphatic rings. The van der Waals surface area contributed by atoms with Crippen molar-refractivity contribution in [2.24, 2.45) is 0 Å². The molecule has 4 N–H and O–H groups in total. The predicted molar refractivity (Wildman–Crippen MR) is 69.7 cm³/mol. The summed E-state index contributed by atoms with van der Waals surface area (Å²) in [6, 6.07) is 9.20. The Labute approximate surface area is 102 Å². The summed E-state index contributed by atoms with van der Waals surface area (Å²) in [6.45, 7) is 0. The molecule has 1 aromatic carbocycles. The van der Waals surface area contributed by atoms with Crippen LogP contribution < -0.4 is 11.1 Å². The van der Waals surface area contributed by atoms with Gasteiger partial charge >= 0.3 is 0 Å². The Morgan fingerprint density at radius 2 is 1.81 bits per heavy atom. The Hall–Kier alpha value is -0.510. The van der Waals surface area contributed by atoms with Gasteiger partial charge in [-0.25, -0.2) is 0 Å². The lowest BCUT2D eigenvalue weighted by Crippen LogP contribution is -2.39. The molecule has 1 saturated carbocycles. The molecule has 88 valence electrons. The molecule has 0 unspecified atom stereocenters. The van der Waals surface area contributed by atoms with Crippen LogP contribution in [0.4, 0.5) is 5.69 Å². The second-order valence-corrected chi connectivity index (χ2v) is 5.52. The summed E-state index contributed by atoms with van der Waals surface area (Å²) >= 11 is 1.88. The van der Waals surface area contributed by atoms with Crippen molar-refractivity contribution in [2.75, 3.05) is 5.88 Å². The van der Waals surface area contributed by atoms with Crippen LogP contribution in [0.3, 0.4) is 0 Å². The van der Waals surface area contributed by atoms with Crippen molar-refractivity contribution in [1.82, 2.24) is 5.32 Å². The van der Waals surface area contributed by atoms with E-state index in [9.17, 15) is 0 Å². The van der Waals surface area contributed by atoms with Crippen molar-refractivity contribution >= 4 is 17.4 Å². The summed E-state index contributed by atoms with van der Waals surface area (Å²) < 4.78 is 0. The van der Waals surface area contributed by atoms with Gasteiger partial charge in [-0.2, -0.15) is 0 Å². The first-order valence-corrected chi connectivity index (χ1v) is 7.11. The zero-order chi connectivity index (χ0) is 11.2. The number of quaternary nitrogens is 1. The topological polar surface area (TPSA) is 39.7 Å². The lowest BCUT2D eigenvalue weighted by Gasteiger charge is -2.22. The van der Waals surface area contributed by atoms with Crippen LogP contribution in [-0.2, 0) is 0 Å². The van der Waals surface area contributed by atoms with Crippen LogP contribution in [0.15, 0.2) is 29.2 Å². The Morgan fingerprint density at radius 3 is 2.50 bits per heavy atom. The van der Waals surface area contributed by atoms with E-state index in [-0.39, 0.29) is 0 Å². The molecular weight excluding hydrogens is 216 g/mol. The zero-order valence-electron chi connectivity index (χ0n) is 9.74. The molecule has 2 rings (SSSR count). The summed E-state index contributed by atoms with van der Waals surface area (Å²) in [6.07, 6.45) is 6.95. The first-order chi connectivity index (χ1) is 7.84. The van der Waals surface area contributed by atoms with E-state index in [4.69, 9.17) is 0 Å². The SMILES string of the molecule is [NH3+]c1ccc(SCNC2CCCCC2)cc1. The van der Waals surface area contributed by atoms with Crippen molar-refractivity contribution in [3.05, 3.63) is 24.3 Å². The molecule has 0 aromatic heterocycles. The smallest absolute Gasteiger partial charge is 0.127 e. The van der Waals surface area contributed by atoms with Gasteiger partial charge in [-0.05, 0) is 37.1 Å². The van der Waals surface area contributed by atoms with Crippen LogP contribution in [0.25, 0.3) is 0 Å².